The first-order chi connectivity index (χ1) is 8.19. The Bertz CT molecular complexity index is 557. The number of fused-ring (bicyclic) bond motifs is 1. The van der Waals surface area contributed by atoms with E-state index in [0.29, 0.717) is 28.4 Å². The molecule has 6 heteroatoms. The van der Waals surface area contributed by atoms with Crippen LogP contribution >= 0.6 is 0 Å². The Balaban J connectivity index is 2.70. The van der Waals surface area contributed by atoms with E-state index in [0.717, 1.165) is 0 Å². The van der Waals surface area contributed by atoms with Crippen molar-refractivity contribution in [3.63, 3.8) is 0 Å². The predicted octanol–water partition coefficient (Wildman–Crippen LogP) is 1.24. The Hall–Kier alpha value is -2.24. The Kier molecular flexibility index (Phi) is 2.86. The molecule has 0 aliphatic heterocycles. The largest absolute Gasteiger partial charge is 0.493 e. The van der Waals surface area contributed by atoms with Gasteiger partial charge in [-0.2, -0.15) is 0 Å². The van der Waals surface area contributed by atoms with E-state index in [1.807, 2.05) is 0 Å². The van der Waals surface area contributed by atoms with Crippen LogP contribution in [0.5, 0.6) is 17.4 Å². The van der Waals surface area contributed by atoms with Crippen LogP contribution < -0.4 is 19.9 Å². The van der Waals surface area contributed by atoms with Gasteiger partial charge in [0.15, 0.2) is 17.3 Å². The molecule has 0 aliphatic carbocycles. The van der Waals surface area contributed by atoms with Crippen LogP contribution in [0.2, 0.25) is 0 Å². The number of nitrogens with two attached hydrogens (primary N) is 1. The number of aromatic nitrogens is 2. The summed E-state index contributed by atoms with van der Waals surface area (Å²) in [6.45, 7) is 0. The Morgan fingerprint density at radius 2 is 1.41 bits per heavy atom. The fourth-order valence-electron chi connectivity index (χ4n) is 1.53. The summed E-state index contributed by atoms with van der Waals surface area (Å²) in [5.74, 6) is 1.71. The Morgan fingerprint density at radius 1 is 0.882 bits per heavy atom. The van der Waals surface area contributed by atoms with Gasteiger partial charge in [0, 0.05) is 12.1 Å². The minimum Gasteiger partial charge on any atom is -0.493 e. The lowest BCUT2D eigenvalue weighted by Crippen LogP contribution is -2.00. The molecule has 0 saturated heterocycles. The van der Waals surface area contributed by atoms with Crippen LogP contribution in [0.1, 0.15) is 0 Å². The van der Waals surface area contributed by atoms with Gasteiger partial charge in [-0.3, -0.25) is 0 Å². The summed E-state index contributed by atoms with van der Waals surface area (Å²) >= 11 is 0. The molecule has 0 radical (unpaired) electrons. The highest BCUT2D eigenvalue weighted by atomic mass is 16.5. The first-order valence-electron chi connectivity index (χ1n) is 4.92. The lowest BCUT2D eigenvalue weighted by atomic mass is 10.2. The second-order valence-electron chi connectivity index (χ2n) is 3.31. The molecule has 6 nitrogen and oxygen atoms in total. The van der Waals surface area contributed by atoms with Gasteiger partial charge in [-0.25, -0.2) is 9.97 Å². The van der Waals surface area contributed by atoms with E-state index in [-0.39, 0.29) is 5.82 Å². The monoisotopic (exact) mass is 235 g/mol. The molecule has 0 unspecified atom stereocenters. The maximum absolute atomic E-state index is 5.69. The summed E-state index contributed by atoms with van der Waals surface area (Å²) in [4.78, 5) is 8.42. The van der Waals surface area contributed by atoms with E-state index in [2.05, 4.69) is 9.97 Å². The van der Waals surface area contributed by atoms with Crippen molar-refractivity contribution in [1.82, 2.24) is 9.97 Å². The highest BCUT2D eigenvalue weighted by Gasteiger charge is 2.11. The van der Waals surface area contributed by atoms with E-state index in [1.165, 1.54) is 7.11 Å². The normalized spacial score (nSPS) is 10.3. The van der Waals surface area contributed by atoms with Gasteiger partial charge in [0.2, 0.25) is 0 Å². The standard InChI is InChI=1S/C11H13N3O3/c1-15-8-4-6-7(5-9(8)16-2)14-11(17-3)10(12)13-6/h4-5H,1-3H3,(H2,12,13). The van der Waals surface area contributed by atoms with Crippen molar-refractivity contribution in [2.75, 3.05) is 27.1 Å². The molecule has 17 heavy (non-hydrogen) atoms. The number of nitrogen functional groups attached to an aromatic ring is 1. The lowest BCUT2D eigenvalue weighted by Gasteiger charge is -2.09. The van der Waals surface area contributed by atoms with E-state index in [9.17, 15) is 0 Å². The number of nitrogens with zero attached hydrogens (tertiary/aromatic N) is 2. The molecule has 1 heterocycles. The second kappa shape index (κ2) is 4.32. The fourth-order valence-corrected chi connectivity index (χ4v) is 1.53. The Morgan fingerprint density at radius 3 is 1.88 bits per heavy atom. The zero-order chi connectivity index (χ0) is 12.4. The third-order valence-electron chi connectivity index (χ3n) is 2.36. The maximum atomic E-state index is 5.69. The van der Waals surface area contributed by atoms with E-state index >= 15 is 0 Å². The van der Waals surface area contributed by atoms with E-state index in [4.69, 9.17) is 19.9 Å². The molecule has 0 fully saturated rings. The van der Waals surface area contributed by atoms with Gasteiger partial charge in [-0.15, -0.1) is 0 Å². The van der Waals surface area contributed by atoms with Crippen molar-refractivity contribution in [3.05, 3.63) is 12.1 Å². The van der Waals surface area contributed by atoms with Crippen LogP contribution in [0, 0.1) is 0 Å². The topological polar surface area (TPSA) is 79.5 Å². The van der Waals surface area contributed by atoms with Crippen molar-refractivity contribution in [2.45, 2.75) is 0 Å². The second-order valence-corrected chi connectivity index (χ2v) is 3.31. The van der Waals surface area contributed by atoms with Gasteiger partial charge in [0.05, 0.1) is 32.4 Å². The fraction of sp³-hybridized carbons (Fsp3) is 0.273. The van der Waals surface area contributed by atoms with Crippen LogP contribution in [0.25, 0.3) is 11.0 Å². The third-order valence-corrected chi connectivity index (χ3v) is 2.36. The third kappa shape index (κ3) is 1.89. The van der Waals surface area contributed by atoms with Crippen molar-refractivity contribution >= 4 is 16.9 Å². The number of benzene rings is 1. The van der Waals surface area contributed by atoms with Gasteiger partial charge in [0.1, 0.15) is 0 Å². The summed E-state index contributed by atoms with van der Waals surface area (Å²) in [7, 11) is 4.61. The molecule has 0 saturated carbocycles. The predicted molar refractivity (Wildman–Crippen MR) is 63.6 cm³/mol. The summed E-state index contributed by atoms with van der Waals surface area (Å²) in [5, 5.41) is 0. The molecule has 90 valence electrons. The molecule has 0 aliphatic rings. The number of ether oxygens (including phenoxy) is 3. The van der Waals surface area contributed by atoms with Crippen LogP contribution in [0.15, 0.2) is 12.1 Å². The smallest absolute Gasteiger partial charge is 0.257 e. The molecule has 1 aromatic carbocycles. The zero-order valence-corrected chi connectivity index (χ0v) is 9.85. The summed E-state index contributed by atoms with van der Waals surface area (Å²) in [6, 6.07) is 3.44. The average Bonchev–Trinajstić information content (AvgIpc) is 2.36. The minimum atomic E-state index is 0.243. The number of rotatable bonds is 3. The molecule has 2 N–H and O–H groups in total. The van der Waals surface area contributed by atoms with Gasteiger partial charge >= 0.3 is 0 Å². The van der Waals surface area contributed by atoms with Crippen LogP contribution in [0.3, 0.4) is 0 Å². The van der Waals surface area contributed by atoms with Crippen molar-refractivity contribution in [3.8, 4) is 17.4 Å². The summed E-state index contributed by atoms with van der Waals surface area (Å²) in [6.07, 6.45) is 0. The van der Waals surface area contributed by atoms with E-state index < -0.39 is 0 Å². The molecule has 2 rings (SSSR count). The van der Waals surface area contributed by atoms with Crippen molar-refractivity contribution < 1.29 is 14.2 Å². The molecular formula is C11H13N3O3. The van der Waals surface area contributed by atoms with Crippen LogP contribution in [-0.4, -0.2) is 31.3 Å². The van der Waals surface area contributed by atoms with Crippen LogP contribution in [-0.2, 0) is 0 Å². The van der Waals surface area contributed by atoms with Gasteiger partial charge in [-0.05, 0) is 0 Å². The number of methoxy groups -OCH3 is 3. The molecular weight excluding hydrogens is 222 g/mol. The lowest BCUT2D eigenvalue weighted by molar-refractivity contribution is 0.355. The van der Waals surface area contributed by atoms with Crippen molar-refractivity contribution in [1.29, 1.82) is 0 Å². The molecule has 0 bridgehead atoms. The highest BCUT2D eigenvalue weighted by molar-refractivity contribution is 5.81. The molecule has 0 atom stereocenters. The number of hydrogen-bond acceptors (Lipinski definition) is 6. The van der Waals surface area contributed by atoms with E-state index in [1.54, 1.807) is 26.4 Å². The van der Waals surface area contributed by atoms with Crippen LogP contribution in [0.4, 0.5) is 5.82 Å². The first kappa shape index (κ1) is 11.3. The maximum Gasteiger partial charge on any atom is 0.257 e. The minimum absolute atomic E-state index is 0.243. The van der Waals surface area contributed by atoms with Crippen molar-refractivity contribution in [2.24, 2.45) is 0 Å². The highest BCUT2D eigenvalue weighted by Crippen LogP contribution is 2.32. The van der Waals surface area contributed by atoms with Gasteiger partial charge in [0.25, 0.3) is 5.88 Å². The average molecular weight is 235 g/mol. The summed E-state index contributed by atoms with van der Waals surface area (Å²) in [5.41, 5.74) is 6.95. The van der Waals surface area contributed by atoms with Gasteiger partial charge < -0.3 is 19.9 Å². The Labute approximate surface area is 98.3 Å². The number of hydrogen-bond donors (Lipinski definition) is 1. The molecule has 0 spiro atoms. The molecule has 0 amide bonds. The molecule has 1 aromatic heterocycles. The molecule has 2 aromatic rings. The number of anilines is 1. The van der Waals surface area contributed by atoms with Gasteiger partial charge in [-0.1, -0.05) is 0 Å². The quantitative estimate of drug-likeness (QED) is 0.862. The first-order valence-corrected chi connectivity index (χ1v) is 4.92. The SMILES string of the molecule is COc1cc2nc(N)c(OC)nc2cc1OC. The summed E-state index contributed by atoms with van der Waals surface area (Å²) < 4.78 is 15.4. The zero-order valence-electron chi connectivity index (χ0n) is 9.85.